The van der Waals surface area contributed by atoms with Crippen molar-refractivity contribution in [1.82, 2.24) is 28.9 Å². The molecule has 1 saturated heterocycles. The Kier molecular flexibility index (Phi) is 38.4. The highest BCUT2D eigenvalue weighted by Gasteiger charge is 2.49. The van der Waals surface area contributed by atoms with Crippen LogP contribution in [0.1, 0.15) is 215 Å². The minimum Gasteiger partial charge on any atom is -0.390 e. The highest BCUT2D eigenvalue weighted by molar-refractivity contribution is 14.2. The first-order valence-electron chi connectivity index (χ1n) is 39.7. The fourth-order valence-electron chi connectivity index (χ4n) is 15.5. The second-order valence-electron chi connectivity index (χ2n) is 32.6. The van der Waals surface area contributed by atoms with Gasteiger partial charge in [-0.05, 0) is 220 Å². The van der Waals surface area contributed by atoms with Crippen molar-refractivity contribution in [2.75, 3.05) is 61.4 Å². The second kappa shape index (κ2) is 44.7. The molecule has 5 aromatic carbocycles. The number of halogens is 1. The number of nitrogens with zero attached hydrogens (tertiary/aromatic N) is 4. The molecular formula is C84H133IN8O13S4. The van der Waals surface area contributed by atoms with Crippen molar-refractivity contribution in [3.63, 3.8) is 0 Å². The van der Waals surface area contributed by atoms with Gasteiger partial charge in [-0.2, -0.15) is 4.31 Å². The number of likely N-dealkylation sites (N-methyl/N-ethyl adjacent to an activating group) is 3. The fourth-order valence-corrected chi connectivity index (χ4v) is 23.6. The summed E-state index contributed by atoms with van der Waals surface area (Å²) >= 11 is -1.29. The number of benzene rings is 5. The average molecular weight is 1720 g/mol. The van der Waals surface area contributed by atoms with Gasteiger partial charge in [0.25, 0.3) is 0 Å². The molecule has 26 heteroatoms. The number of nitrogens with two attached hydrogens (primary N) is 1. The average Bonchev–Trinajstić information content (AvgIpc) is 1.60. The fraction of sp³-hybridized carbons (Fsp3) is 0.619. The molecule has 0 amide bonds. The Balaban J connectivity index is 0.000000210. The number of rotatable bonds is 27. The van der Waals surface area contributed by atoms with Crippen molar-refractivity contribution in [2.24, 2.45) is 8.88 Å². The summed E-state index contributed by atoms with van der Waals surface area (Å²) in [6.07, 6.45) is 30.1. The Hall–Kier alpha value is -4.31. The maximum atomic E-state index is 12.7. The molecule has 6 fully saturated rings. The Labute approximate surface area is 670 Å². The maximum absolute atomic E-state index is 12.7. The lowest BCUT2D eigenvalue weighted by Crippen LogP contribution is -2.47. The Morgan fingerprint density at radius 2 is 0.827 bits per heavy atom. The topological polar surface area (TPSA) is 322 Å². The van der Waals surface area contributed by atoms with Gasteiger partial charge in [0.05, 0.1) is 53.3 Å². The minimum atomic E-state index is -3.59. The molecule has 21 nitrogen and oxygen atoms in total. The third kappa shape index (κ3) is 33.5. The van der Waals surface area contributed by atoms with E-state index in [9.17, 15) is 59.2 Å². The normalized spacial score (nSPS) is 20.9. The van der Waals surface area contributed by atoms with E-state index in [2.05, 4.69) is 29.4 Å². The van der Waals surface area contributed by atoms with Gasteiger partial charge >= 0.3 is 0 Å². The molecule has 0 radical (unpaired) electrons. The van der Waals surface area contributed by atoms with Crippen LogP contribution in [0.3, 0.4) is 0 Å². The molecule has 0 bridgehead atoms. The van der Waals surface area contributed by atoms with E-state index < -0.39 is 79.1 Å². The second-order valence-corrected chi connectivity index (χ2v) is 44.6. The van der Waals surface area contributed by atoms with Crippen LogP contribution in [-0.2, 0) is 37.1 Å². The van der Waals surface area contributed by atoms with Crippen molar-refractivity contribution in [2.45, 2.75) is 292 Å². The van der Waals surface area contributed by atoms with E-state index in [0.29, 0.717) is 48.7 Å². The lowest BCUT2D eigenvalue weighted by atomic mass is 9.80. The summed E-state index contributed by atoms with van der Waals surface area (Å²) in [5.74, 6) is 0. The summed E-state index contributed by atoms with van der Waals surface area (Å²) in [7, 11) is -4.13. The van der Waals surface area contributed by atoms with Gasteiger partial charge in [0.2, 0.25) is 37.1 Å². The Bertz CT molecular complexity index is 4020. The van der Waals surface area contributed by atoms with Crippen molar-refractivity contribution < 1.29 is 59.2 Å². The molecule has 6 aliphatic rings. The number of sulfonamides is 3. The summed E-state index contributed by atoms with van der Waals surface area (Å²) in [5.41, 5.74) is 7.84. The highest BCUT2D eigenvalue weighted by Crippen LogP contribution is 2.41. The molecule has 5 unspecified atom stereocenters. The standard InChI is InChI=1S/C18H30N2O3S.C17H28N2O3S.C16H23NO3S.C13H12INO2S.C11H24N2O.C9H16O/c1-15-7-9-17(10-8-15)24(22,23)19-16(14-20(2)3)13-18(21)11-5-4-6-12-18;1-14-6-8-16(9-7-14)23(21,22)19-15(13-18-2)12-17(20)10-4-3-5-11-17;1-13-5-7-15(8-6-13)21(19,20)17-12-14(17)11-16(18)9-3-2-4-10-16;1-11-7-9-13(10-8-11)18(16,17)14-15-12-5-3-2-4-6-12;1-13(2)9-10(12)8-11(14)6-4-3-5-7-11;1-2-6-9(10)7-4-3-5-8-9/h7-10,16,19,21H,4-6,11-14H2,1-3H3;6-9,15,18-20H,3-5,10-13H2,1-2H3;5-8,14,18H,2-4,9-12H2,1H3;2-10H,1H3;10,14H,3-9,12H2,1-2H3;2,10H,1,3-8H2. The number of aryl methyl sites for hydroxylation is 4. The van der Waals surface area contributed by atoms with E-state index in [1.54, 1.807) is 92.0 Å². The predicted octanol–water partition coefficient (Wildman–Crippen LogP) is 14.1. The first-order valence-corrected chi connectivity index (χ1v) is 49.1. The van der Waals surface area contributed by atoms with E-state index >= 15 is 0 Å². The van der Waals surface area contributed by atoms with Crippen LogP contribution in [0.2, 0.25) is 0 Å². The monoisotopic (exact) mass is 1720 g/mol. The number of aliphatic hydroxyl groups is 5. The lowest BCUT2D eigenvalue weighted by molar-refractivity contribution is -0.0124. The maximum Gasteiger partial charge on any atom is 0.243 e. The van der Waals surface area contributed by atoms with Gasteiger partial charge in [-0.1, -0.05) is 191 Å². The third-order valence-electron chi connectivity index (χ3n) is 21.5. The van der Waals surface area contributed by atoms with Gasteiger partial charge in [-0.25, -0.2) is 46.3 Å². The van der Waals surface area contributed by atoms with Crippen LogP contribution >= 0.6 is 19.6 Å². The van der Waals surface area contributed by atoms with Gasteiger partial charge in [-0.3, -0.25) is 0 Å². The molecule has 10 N–H and O–H groups in total. The summed E-state index contributed by atoms with van der Waals surface area (Å²) in [4.78, 5) is 5.28. The molecule has 618 valence electrons. The smallest absolute Gasteiger partial charge is 0.243 e. The zero-order valence-corrected chi connectivity index (χ0v) is 72.6. The van der Waals surface area contributed by atoms with Gasteiger partial charge in [0, 0.05) is 50.3 Å². The summed E-state index contributed by atoms with van der Waals surface area (Å²) in [6.45, 7) is 13.8. The van der Waals surface area contributed by atoms with Crippen LogP contribution < -0.4 is 20.5 Å². The highest BCUT2D eigenvalue weighted by atomic mass is 127. The van der Waals surface area contributed by atoms with Crippen LogP contribution in [0.4, 0.5) is 5.69 Å². The molecule has 0 spiro atoms. The van der Waals surface area contributed by atoms with Crippen LogP contribution in [-0.4, -0.2) is 187 Å². The number of hydrogen-bond acceptors (Lipinski definition) is 18. The van der Waals surface area contributed by atoms with Crippen LogP contribution in [0.15, 0.2) is 163 Å². The van der Waals surface area contributed by atoms with E-state index in [1.807, 2.05) is 109 Å². The van der Waals surface area contributed by atoms with Crippen LogP contribution in [0.5, 0.6) is 0 Å². The van der Waals surface area contributed by atoms with E-state index in [0.717, 1.165) is 176 Å². The number of nitrogens with one attached hydrogen (secondary N) is 3. The zero-order chi connectivity index (χ0) is 80.9. The molecule has 1 heterocycles. The van der Waals surface area contributed by atoms with Gasteiger partial charge in [0.1, 0.15) is 19.6 Å². The first-order chi connectivity index (χ1) is 51.8. The molecule has 11 rings (SSSR count). The molecule has 5 aromatic rings. The largest absolute Gasteiger partial charge is 0.390 e. The van der Waals surface area contributed by atoms with Crippen molar-refractivity contribution >= 4 is 62.4 Å². The SMILES string of the molecule is C=CCC1(O)CCCCC1.CN(C)CC(N)CC1(O)CCCCC1.CNCC(CC1(O)CCCCC1)NS(=O)(=O)c1ccc(C)cc1.Cc1ccc(S(=O)(=O)I=Nc2ccccc2)cc1.Cc1ccc(S(=O)(=O)N2CC2CC2(O)CCCCC2)cc1.Cc1ccc(S(=O)(=O)NC(CN(C)C)CC2(O)CCCCC2)cc1. The van der Waals surface area contributed by atoms with Crippen LogP contribution in [0.25, 0.3) is 0 Å². The molecule has 5 aliphatic carbocycles. The molecule has 5 atom stereocenters. The summed E-state index contributed by atoms with van der Waals surface area (Å²) in [6, 6.07) is 36.1. The van der Waals surface area contributed by atoms with Gasteiger partial charge < -0.3 is 46.4 Å². The molecule has 110 heavy (non-hydrogen) atoms. The third-order valence-corrected chi connectivity index (χ3v) is 31.8. The van der Waals surface area contributed by atoms with Gasteiger partial charge in [-0.15, -0.1) is 6.58 Å². The minimum absolute atomic E-state index is 0.0283. The van der Waals surface area contributed by atoms with E-state index in [4.69, 9.17) is 5.73 Å². The van der Waals surface area contributed by atoms with Crippen LogP contribution in [0, 0.1) is 27.7 Å². The quantitative estimate of drug-likeness (QED) is 0.0102. The lowest BCUT2D eigenvalue weighted by Gasteiger charge is -2.36. The van der Waals surface area contributed by atoms with E-state index in [-0.39, 0.29) is 39.6 Å². The van der Waals surface area contributed by atoms with Gasteiger partial charge in [0.15, 0.2) is 0 Å². The van der Waals surface area contributed by atoms with E-state index in [1.165, 1.54) is 36.4 Å². The molecule has 1 aliphatic heterocycles. The predicted molar refractivity (Wildman–Crippen MR) is 453 cm³/mol. The summed E-state index contributed by atoms with van der Waals surface area (Å²) < 4.78 is 111. The van der Waals surface area contributed by atoms with Crippen molar-refractivity contribution in [3.05, 3.63) is 162 Å². The van der Waals surface area contributed by atoms with Crippen molar-refractivity contribution in [1.29, 1.82) is 0 Å². The molecule has 0 aromatic heterocycles. The molecular weight excluding hydrogens is 1580 g/mol. The Morgan fingerprint density at radius 3 is 1.21 bits per heavy atom. The van der Waals surface area contributed by atoms with Crippen molar-refractivity contribution in [3.8, 4) is 0 Å². The zero-order valence-electron chi connectivity index (χ0n) is 67.1. The Morgan fingerprint density at radius 1 is 0.482 bits per heavy atom. The first kappa shape index (κ1) is 94.5. The summed E-state index contributed by atoms with van der Waals surface area (Å²) in [5, 5.41) is 55.1. The number of hydrogen-bond donors (Lipinski definition) is 9. The molecule has 5 saturated carbocycles.